The highest BCUT2D eigenvalue weighted by molar-refractivity contribution is 7.90. The number of halogens is 1. The number of benzene rings is 1. The Bertz CT molecular complexity index is 866. The van der Waals surface area contributed by atoms with Gasteiger partial charge in [0.1, 0.15) is 5.54 Å². The minimum atomic E-state index is -3.28. The molecule has 1 atom stereocenters. The highest BCUT2D eigenvalue weighted by Gasteiger charge is 2.54. The number of nitrogens with zero attached hydrogens (tertiary/aromatic N) is 2. The summed E-state index contributed by atoms with van der Waals surface area (Å²) >= 11 is 6.41. The molecule has 1 aliphatic carbocycles. The monoisotopic (exact) mass is 424 g/mol. The van der Waals surface area contributed by atoms with E-state index < -0.39 is 15.4 Å². The van der Waals surface area contributed by atoms with Crippen LogP contribution in [-0.2, 0) is 21.2 Å². The average Bonchev–Trinajstić information content (AvgIpc) is 3.22. The van der Waals surface area contributed by atoms with Gasteiger partial charge in [0, 0.05) is 30.4 Å². The molecule has 7 heteroatoms. The van der Waals surface area contributed by atoms with Crippen LogP contribution in [0.15, 0.2) is 23.1 Å². The van der Waals surface area contributed by atoms with Crippen molar-refractivity contribution in [3.8, 4) is 0 Å². The van der Waals surface area contributed by atoms with E-state index in [0.29, 0.717) is 23.5 Å². The first-order valence-corrected chi connectivity index (χ1v) is 12.6. The summed E-state index contributed by atoms with van der Waals surface area (Å²) in [5, 5.41) is 0.458. The van der Waals surface area contributed by atoms with Crippen molar-refractivity contribution in [2.24, 2.45) is 0 Å². The topological polar surface area (TPSA) is 57.7 Å². The van der Waals surface area contributed by atoms with Crippen molar-refractivity contribution < 1.29 is 13.2 Å². The SMILES string of the molecule is CS(=O)(=O)c1ccc(CN2CCCC23CCN(C2CCCCC2)C3=O)c(Cl)c1. The van der Waals surface area contributed by atoms with Crippen LogP contribution in [0.3, 0.4) is 0 Å². The van der Waals surface area contributed by atoms with Crippen molar-refractivity contribution in [3.05, 3.63) is 28.8 Å². The number of hydrogen-bond acceptors (Lipinski definition) is 4. The van der Waals surface area contributed by atoms with Gasteiger partial charge in [0.25, 0.3) is 0 Å². The fraction of sp³-hybridized carbons (Fsp3) is 0.667. The third kappa shape index (κ3) is 3.59. The molecule has 1 amide bonds. The molecule has 0 bridgehead atoms. The zero-order valence-corrected chi connectivity index (χ0v) is 18.1. The van der Waals surface area contributed by atoms with E-state index in [1.54, 1.807) is 12.1 Å². The van der Waals surface area contributed by atoms with Gasteiger partial charge >= 0.3 is 0 Å². The second-order valence-electron chi connectivity index (χ2n) is 8.62. The molecule has 1 aromatic rings. The molecule has 3 aliphatic rings. The zero-order valence-electron chi connectivity index (χ0n) is 16.5. The molecule has 2 heterocycles. The summed E-state index contributed by atoms with van der Waals surface area (Å²) in [4.78, 5) is 18.2. The Kier molecular flexibility index (Phi) is 5.49. The molecule has 1 spiro atoms. The lowest BCUT2D eigenvalue weighted by Gasteiger charge is -2.36. The molecule has 0 N–H and O–H groups in total. The molecule has 1 saturated carbocycles. The highest BCUT2D eigenvalue weighted by Crippen LogP contribution is 2.42. The van der Waals surface area contributed by atoms with Crippen LogP contribution in [0, 0.1) is 0 Å². The van der Waals surface area contributed by atoms with Crippen LogP contribution in [-0.4, -0.2) is 55.1 Å². The molecule has 5 nitrogen and oxygen atoms in total. The second-order valence-corrected chi connectivity index (χ2v) is 11.0. The van der Waals surface area contributed by atoms with E-state index in [1.807, 2.05) is 0 Å². The van der Waals surface area contributed by atoms with E-state index in [2.05, 4.69) is 9.80 Å². The Balaban J connectivity index is 1.53. The van der Waals surface area contributed by atoms with Crippen molar-refractivity contribution in [2.45, 2.75) is 74.4 Å². The fourth-order valence-corrected chi connectivity index (χ4v) is 6.26. The van der Waals surface area contributed by atoms with Gasteiger partial charge < -0.3 is 4.90 Å². The summed E-state index contributed by atoms with van der Waals surface area (Å²) in [5.74, 6) is 0.306. The molecular weight excluding hydrogens is 396 g/mol. The summed E-state index contributed by atoms with van der Waals surface area (Å²) in [6, 6.07) is 5.35. The molecule has 2 aliphatic heterocycles. The van der Waals surface area contributed by atoms with Gasteiger partial charge in [-0.3, -0.25) is 9.69 Å². The Labute approximate surface area is 172 Å². The molecule has 1 unspecified atom stereocenters. The molecule has 3 fully saturated rings. The number of amides is 1. The van der Waals surface area contributed by atoms with Gasteiger partial charge in [0.2, 0.25) is 5.91 Å². The maximum Gasteiger partial charge on any atom is 0.243 e. The Morgan fingerprint density at radius 1 is 1.11 bits per heavy atom. The van der Waals surface area contributed by atoms with Gasteiger partial charge in [0.05, 0.1) is 4.90 Å². The normalized spacial score (nSPS) is 27.2. The standard InChI is InChI=1S/C21H29ClN2O3S/c1-28(26,27)18-9-8-16(19(22)14-18)15-23-12-5-10-21(23)11-13-24(20(21)25)17-6-3-2-4-7-17/h8-9,14,17H,2-7,10-13,15H2,1H3. The lowest BCUT2D eigenvalue weighted by molar-refractivity contribution is -0.139. The summed E-state index contributed by atoms with van der Waals surface area (Å²) in [5.41, 5.74) is 0.496. The van der Waals surface area contributed by atoms with Gasteiger partial charge in [-0.15, -0.1) is 0 Å². The fourth-order valence-electron chi connectivity index (χ4n) is 5.31. The van der Waals surface area contributed by atoms with Crippen LogP contribution in [0.1, 0.15) is 56.9 Å². The average molecular weight is 425 g/mol. The maximum atomic E-state index is 13.5. The molecule has 2 saturated heterocycles. The van der Waals surface area contributed by atoms with Gasteiger partial charge in [-0.25, -0.2) is 8.42 Å². The van der Waals surface area contributed by atoms with Crippen LogP contribution in [0.2, 0.25) is 5.02 Å². The van der Waals surface area contributed by atoms with Crippen molar-refractivity contribution in [1.29, 1.82) is 0 Å². The molecule has 1 aromatic carbocycles. The van der Waals surface area contributed by atoms with E-state index in [1.165, 1.54) is 31.6 Å². The van der Waals surface area contributed by atoms with Gasteiger partial charge in [-0.1, -0.05) is 36.9 Å². The predicted octanol–water partition coefficient (Wildman–Crippen LogP) is 3.64. The van der Waals surface area contributed by atoms with Crippen LogP contribution in [0.25, 0.3) is 0 Å². The van der Waals surface area contributed by atoms with Gasteiger partial charge in [0.15, 0.2) is 9.84 Å². The summed E-state index contributed by atoms with van der Waals surface area (Å²) in [6.45, 7) is 2.34. The number of carbonyl (C=O) groups is 1. The number of hydrogen-bond donors (Lipinski definition) is 0. The zero-order chi connectivity index (χ0) is 19.9. The van der Waals surface area contributed by atoms with Crippen molar-refractivity contribution >= 4 is 27.3 Å². The van der Waals surface area contributed by atoms with E-state index >= 15 is 0 Å². The molecular formula is C21H29ClN2O3S. The van der Waals surface area contributed by atoms with Crippen molar-refractivity contribution in [1.82, 2.24) is 9.80 Å². The molecule has 28 heavy (non-hydrogen) atoms. The first-order valence-electron chi connectivity index (χ1n) is 10.4. The van der Waals surface area contributed by atoms with Crippen LogP contribution >= 0.6 is 11.6 Å². The molecule has 154 valence electrons. The minimum Gasteiger partial charge on any atom is -0.338 e. The summed E-state index contributed by atoms with van der Waals surface area (Å²) in [7, 11) is -3.28. The Morgan fingerprint density at radius 3 is 2.54 bits per heavy atom. The summed E-state index contributed by atoms with van der Waals surface area (Å²) < 4.78 is 23.5. The van der Waals surface area contributed by atoms with Crippen LogP contribution in [0.5, 0.6) is 0 Å². The van der Waals surface area contributed by atoms with Crippen LogP contribution < -0.4 is 0 Å². The number of sulfone groups is 1. The largest absolute Gasteiger partial charge is 0.338 e. The number of likely N-dealkylation sites (tertiary alicyclic amines) is 2. The van der Waals surface area contributed by atoms with Gasteiger partial charge in [-0.05, 0) is 56.3 Å². The lowest BCUT2D eigenvalue weighted by atomic mass is 9.92. The second kappa shape index (κ2) is 7.62. The third-order valence-electron chi connectivity index (χ3n) is 6.88. The maximum absolute atomic E-state index is 13.5. The smallest absolute Gasteiger partial charge is 0.243 e. The Morgan fingerprint density at radius 2 is 1.86 bits per heavy atom. The van der Waals surface area contributed by atoms with Crippen molar-refractivity contribution in [3.63, 3.8) is 0 Å². The minimum absolute atomic E-state index is 0.234. The van der Waals surface area contributed by atoms with Gasteiger partial charge in [-0.2, -0.15) is 0 Å². The highest BCUT2D eigenvalue weighted by atomic mass is 35.5. The van der Waals surface area contributed by atoms with E-state index in [9.17, 15) is 13.2 Å². The number of carbonyl (C=O) groups excluding carboxylic acids is 1. The van der Waals surface area contributed by atoms with E-state index in [-0.39, 0.29) is 4.90 Å². The van der Waals surface area contributed by atoms with E-state index in [0.717, 1.165) is 50.8 Å². The molecule has 0 radical (unpaired) electrons. The predicted molar refractivity (Wildman–Crippen MR) is 110 cm³/mol. The quantitative estimate of drug-likeness (QED) is 0.740. The number of rotatable bonds is 4. The lowest BCUT2D eigenvalue weighted by Crippen LogP contribution is -2.51. The third-order valence-corrected chi connectivity index (χ3v) is 8.34. The van der Waals surface area contributed by atoms with Crippen molar-refractivity contribution in [2.75, 3.05) is 19.3 Å². The molecule has 4 rings (SSSR count). The summed E-state index contributed by atoms with van der Waals surface area (Å²) in [6.07, 6.45) is 10.0. The molecule has 0 aromatic heterocycles. The first-order chi connectivity index (χ1) is 13.3. The van der Waals surface area contributed by atoms with Crippen LogP contribution in [0.4, 0.5) is 0 Å². The first kappa shape index (κ1) is 20.2. The van der Waals surface area contributed by atoms with E-state index in [4.69, 9.17) is 11.6 Å². The Hall–Kier alpha value is -1.11.